The molecule has 7 nitrogen and oxygen atoms in total. The summed E-state index contributed by atoms with van der Waals surface area (Å²) in [5.74, 6) is 0.910. The Morgan fingerprint density at radius 2 is 1.93 bits per heavy atom. The molecule has 4 rings (SSSR count). The Kier molecular flexibility index (Phi) is 6.43. The summed E-state index contributed by atoms with van der Waals surface area (Å²) in [5.41, 5.74) is 1.21. The lowest BCUT2D eigenvalue weighted by Gasteiger charge is -2.37. The van der Waals surface area contributed by atoms with Gasteiger partial charge in [-0.3, -0.25) is 14.6 Å². The first-order valence-corrected chi connectivity index (χ1v) is 10.8. The number of hydrogen-bond acceptors (Lipinski definition) is 6. The highest BCUT2D eigenvalue weighted by molar-refractivity contribution is 5.78. The number of carbonyl (C=O) groups is 1. The molecule has 2 aromatic rings. The second-order valence-electron chi connectivity index (χ2n) is 8.46. The molecule has 0 aliphatic carbocycles. The number of aromatic nitrogens is 2. The average molecular weight is 416 g/mol. The molecule has 8 heteroatoms. The topological polar surface area (TPSA) is 65.7 Å². The highest BCUT2D eigenvalue weighted by Gasteiger charge is 2.26. The fourth-order valence-corrected chi connectivity index (χ4v) is 4.22. The van der Waals surface area contributed by atoms with Crippen LogP contribution in [0.25, 0.3) is 11.4 Å². The van der Waals surface area contributed by atoms with Crippen LogP contribution in [-0.4, -0.2) is 76.1 Å². The van der Waals surface area contributed by atoms with Crippen molar-refractivity contribution in [1.82, 2.24) is 24.8 Å². The smallest absolute Gasteiger partial charge is 0.241 e. The summed E-state index contributed by atoms with van der Waals surface area (Å²) in [6, 6.07) is 5.31. The average Bonchev–Trinajstić information content (AvgIpc) is 3.20. The minimum absolute atomic E-state index is 0.252. The Bertz CT molecular complexity index is 878. The van der Waals surface area contributed by atoms with Crippen LogP contribution in [-0.2, 0) is 11.3 Å². The van der Waals surface area contributed by atoms with E-state index in [0.717, 1.165) is 45.6 Å². The van der Waals surface area contributed by atoms with Crippen LogP contribution < -0.4 is 0 Å². The Morgan fingerprint density at radius 3 is 2.67 bits per heavy atom. The molecular formula is C22H30FN5O2. The third-order valence-electron chi connectivity index (χ3n) is 6.20. The van der Waals surface area contributed by atoms with Crippen LogP contribution in [0, 0.1) is 12.7 Å². The standard InChI is InChI=1S/C22H30FN5O2/c1-16-6-7-18(13-19(16)23)22-24-20(30-25-22)14-26-9-11-27(12-10-26)15-21(29)28-8-4-3-5-17(28)2/h6-7,13,17H,3-5,8-12,14-15H2,1-2H3. The molecule has 3 heterocycles. The molecule has 0 bridgehead atoms. The van der Waals surface area contributed by atoms with Crippen molar-refractivity contribution in [2.24, 2.45) is 0 Å². The Labute approximate surface area is 176 Å². The number of piperidine rings is 1. The molecule has 2 aliphatic heterocycles. The monoisotopic (exact) mass is 415 g/mol. The van der Waals surface area contributed by atoms with Gasteiger partial charge in [-0.2, -0.15) is 4.98 Å². The fraction of sp³-hybridized carbons (Fsp3) is 0.591. The molecule has 2 aliphatic rings. The maximum atomic E-state index is 13.8. The third-order valence-corrected chi connectivity index (χ3v) is 6.20. The van der Waals surface area contributed by atoms with E-state index in [1.54, 1.807) is 19.1 Å². The van der Waals surface area contributed by atoms with Crippen molar-refractivity contribution in [2.75, 3.05) is 39.3 Å². The van der Waals surface area contributed by atoms with Gasteiger partial charge in [0.05, 0.1) is 13.1 Å². The lowest BCUT2D eigenvalue weighted by Crippen LogP contribution is -2.51. The number of likely N-dealkylation sites (tertiary alicyclic amines) is 1. The van der Waals surface area contributed by atoms with Crippen molar-refractivity contribution in [2.45, 2.75) is 45.7 Å². The van der Waals surface area contributed by atoms with Gasteiger partial charge in [0, 0.05) is 44.3 Å². The molecule has 1 atom stereocenters. The number of hydrogen-bond donors (Lipinski definition) is 0. The van der Waals surface area contributed by atoms with E-state index in [1.807, 2.05) is 4.90 Å². The predicted octanol–water partition coefficient (Wildman–Crippen LogP) is 2.70. The molecule has 1 aromatic carbocycles. The molecule has 0 spiro atoms. The highest BCUT2D eigenvalue weighted by atomic mass is 19.1. The SMILES string of the molecule is Cc1ccc(-c2noc(CN3CCN(CC(=O)N4CCCCC4C)CC3)n2)cc1F. The molecule has 30 heavy (non-hydrogen) atoms. The third kappa shape index (κ3) is 4.87. The number of carbonyl (C=O) groups excluding carboxylic acids is 1. The summed E-state index contributed by atoms with van der Waals surface area (Å²) >= 11 is 0. The van der Waals surface area contributed by atoms with Crippen LogP contribution in [0.3, 0.4) is 0 Å². The van der Waals surface area contributed by atoms with Crippen LogP contribution in [0.1, 0.15) is 37.6 Å². The molecule has 1 amide bonds. The van der Waals surface area contributed by atoms with Crippen LogP contribution >= 0.6 is 0 Å². The molecule has 0 N–H and O–H groups in total. The van der Waals surface area contributed by atoms with Gasteiger partial charge >= 0.3 is 0 Å². The Morgan fingerprint density at radius 1 is 1.17 bits per heavy atom. The van der Waals surface area contributed by atoms with Crippen LogP contribution in [0.15, 0.2) is 22.7 Å². The lowest BCUT2D eigenvalue weighted by atomic mass is 10.0. The molecule has 2 fully saturated rings. The minimum Gasteiger partial charge on any atom is -0.339 e. The van der Waals surface area contributed by atoms with Gasteiger partial charge in [0.25, 0.3) is 0 Å². The van der Waals surface area contributed by atoms with Gasteiger partial charge in [0.2, 0.25) is 17.6 Å². The second-order valence-corrected chi connectivity index (χ2v) is 8.46. The molecule has 2 saturated heterocycles. The first-order chi connectivity index (χ1) is 14.5. The van der Waals surface area contributed by atoms with Crippen LogP contribution in [0.2, 0.25) is 0 Å². The molecule has 0 radical (unpaired) electrons. The Balaban J connectivity index is 1.26. The summed E-state index contributed by atoms with van der Waals surface area (Å²) < 4.78 is 19.2. The largest absolute Gasteiger partial charge is 0.339 e. The maximum Gasteiger partial charge on any atom is 0.241 e. The Hall–Kier alpha value is -2.32. The fourth-order valence-electron chi connectivity index (χ4n) is 4.22. The van der Waals surface area contributed by atoms with Gasteiger partial charge in [0.15, 0.2) is 0 Å². The quantitative estimate of drug-likeness (QED) is 0.748. The zero-order valence-electron chi connectivity index (χ0n) is 17.8. The molecular weight excluding hydrogens is 385 g/mol. The van der Waals surface area contributed by atoms with Crippen LogP contribution in [0.4, 0.5) is 4.39 Å². The zero-order chi connectivity index (χ0) is 21.1. The number of nitrogens with zero attached hydrogens (tertiary/aromatic N) is 5. The minimum atomic E-state index is -0.275. The number of amides is 1. The maximum absolute atomic E-state index is 13.8. The summed E-state index contributed by atoms with van der Waals surface area (Å²) in [6.45, 7) is 9.22. The van der Waals surface area contributed by atoms with E-state index in [1.165, 1.54) is 12.5 Å². The van der Waals surface area contributed by atoms with E-state index >= 15 is 0 Å². The number of benzene rings is 1. The van der Waals surface area contributed by atoms with E-state index in [-0.39, 0.29) is 11.7 Å². The van der Waals surface area contributed by atoms with Gasteiger partial charge < -0.3 is 9.42 Å². The summed E-state index contributed by atoms with van der Waals surface area (Å²) in [4.78, 5) is 23.6. The van der Waals surface area contributed by atoms with E-state index in [2.05, 4.69) is 26.9 Å². The molecule has 0 saturated carbocycles. The number of rotatable bonds is 5. The summed E-state index contributed by atoms with van der Waals surface area (Å²) in [6.07, 6.45) is 3.45. The van der Waals surface area contributed by atoms with Crippen molar-refractivity contribution >= 4 is 5.91 Å². The highest BCUT2D eigenvalue weighted by Crippen LogP contribution is 2.20. The van der Waals surface area contributed by atoms with Gasteiger partial charge in [0.1, 0.15) is 5.82 Å². The number of piperazine rings is 1. The van der Waals surface area contributed by atoms with Gasteiger partial charge in [-0.1, -0.05) is 17.3 Å². The second kappa shape index (κ2) is 9.22. The van der Waals surface area contributed by atoms with Gasteiger partial charge in [-0.05, 0) is 44.7 Å². The van der Waals surface area contributed by atoms with E-state index < -0.39 is 0 Å². The normalized spacial score (nSPS) is 21.2. The number of aryl methyl sites for hydroxylation is 1. The summed E-state index contributed by atoms with van der Waals surface area (Å²) in [7, 11) is 0. The lowest BCUT2D eigenvalue weighted by molar-refractivity contribution is -0.136. The van der Waals surface area contributed by atoms with E-state index in [4.69, 9.17) is 4.52 Å². The van der Waals surface area contributed by atoms with Crippen LogP contribution in [0.5, 0.6) is 0 Å². The number of halogens is 1. The van der Waals surface area contributed by atoms with Crippen molar-refractivity contribution in [3.8, 4) is 11.4 Å². The van der Waals surface area contributed by atoms with Crippen molar-refractivity contribution in [1.29, 1.82) is 0 Å². The molecule has 162 valence electrons. The van der Waals surface area contributed by atoms with Crippen molar-refractivity contribution in [3.05, 3.63) is 35.5 Å². The van der Waals surface area contributed by atoms with Gasteiger partial charge in [-0.15, -0.1) is 0 Å². The van der Waals surface area contributed by atoms with Crippen molar-refractivity contribution in [3.63, 3.8) is 0 Å². The van der Waals surface area contributed by atoms with Gasteiger partial charge in [-0.25, -0.2) is 4.39 Å². The summed E-state index contributed by atoms with van der Waals surface area (Å²) in [5, 5.41) is 4.00. The molecule has 1 aromatic heterocycles. The van der Waals surface area contributed by atoms with E-state index in [0.29, 0.717) is 42.0 Å². The molecule has 1 unspecified atom stereocenters. The first kappa shape index (κ1) is 20.9. The van der Waals surface area contributed by atoms with E-state index in [9.17, 15) is 9.18 Å². The van der Waals surface area contributed by atoms with Crippen molar-refractivity contribution < 1.29 is 13.7 Å². The first-order valence-electron chi connectivity index (χ1n) is 10.8. The predicted molar refractivity (Wildman–Crippen MR) is 111 cm³/mol. The zero-order valence-corrected chi connectivity index (χ0v) is 17.8.